The normalized spacial score (nSPS) is 12.8. The molecule has 2 nitrogen and oxygen atoms in total. The molecular formula is C12H11BrFNO. The number of hydrogen-bond donors (Lipinski definition) is 1. The van der Waals surface area contributed by atoms with Crippen LogP contribution in [0.2, 0.25) is 0 Å². The smallest absolute Gasteiger partial charge is 0.137 e. The number of nitrogens with two attached hydrogens (primary N) is 1. The van der Waals surface area contributed by atoms with E-state index in [2.05, 4.69) is 15.9 Å². The number of rotatable bonds is 2. The Morgan fingerprint density at radius 2 is 2.06 bits per heavy atom. The molecule has 2 aromatic rings. The second-order valence-electron chi connectivity index (χ2n) is 3.57. The Hall–Kier alpha value is -1.13. The van der Waals surface area contributed by atoms with Crippen molar-refractivity contribution < 1.29 is 8.81 Å². The number of halogens is 2. The van der Waals surface area contributed by atoms with Crippen LogP contribution in [0.25, 0.3) is 0 Å². The van der Waals surface area contributed by atoms with Crippen LogP contribution in [-0.2, 0) is 0 Å². The second-order valence-corrected chi connectivity index (χ2v) is 4.36. The van der Waals surface area contributed by atoms with Gasteiger partial charge in [0.1, 0.15) is 17.3 Å². The fraction of sp³-hybridized carbons (Fsp3) is 0.167. The van der Waals surface area contributed by atoms with Gasteiger partial charge in [-0.15, -0.1) is 0 Å². The Kier molecular flexibility index (Phi) is 3.12. The van der Waals surface area contributed by atoms with E-state index < -0.39 is 6.04 Å². The van der Waals surface area contributed by atoms with Crippen molar-refractivity contribution in [2.45, 2.75) is 13.0 Å². The molecule has 1 atom stereocenters. The first-order chi connectivity index (χ1) is 7.59. The van der Waals surface area contributed by atoms with E-state index in [1.807, 2.05) is 13.0 Å². The third kappa shape index (κ3) is 2.03. The molecule has 0 saturated heterocycles. The first-order valence-electron chi connectivity index (χ1n) is 4.85. The minimum Gasteiger partial charge on any atom is -0.464 e. The summed E-state index contributed by atoms with van der Waals surface area (Å²) in [6.07, 6.45) is 0. The van der Waals surface area contributed by atoms with E-state index in [1.54, 1.807) is 18.2 Å². The maximum absolute atomic E-state index is 13.3. The lowest BCUT2D eigenvalue weighted by Gasteiger charge is -2.11. The molecule has 0 amide bonds. The summed E-state index contributed by atoms with van der Waals surface area (Å²) in [4.78, 5) is 0. The van der Waals surface area contributed by atoms with Gasteiger partial charge in [0.15, 0.2) is 0 Å². The molecular weight excluding hydrogens is 273 g/mol. The summed E-state index contributed by atoms with van der Waals surface area (Å²) >= 11 is 3.19. The van der Waals surface area contributed by atoms with Crippen LogP contribution in [-0.4, -0.2) is 0 Å². The molecule has 0 radical (unpaired) electrons. The van der Waals surface area contributed by atoms with Gasteiger partial charge in [0, 0.05) is 0 Å². The highest BCUT2D eigenvalue weighted by atomic mass is 79.9. The van der Waals surface area contributed by atoms with Crippen molar-refractivity contribution in [1.29, 1.82) is 0 Å². The third-order valence-electron chi connectivity index (χ3n) is 2.38. The quantitative estimate of drug-likeness (QED) is 0.916. The first kappa shape index (κ1) is 11.4. The molecule has 1 aromatic heterocycles. The molecule has 1 heterocycles. The topological polar surface area (TPSA) is 39.2 Å². The van der Waals surface area contributed by atoms with Gasteiger partial charge >= 0.3 is 0 Å². The van der Waals surface area contributed by atoms with Crippen molar-refractivity contribution in [2.24, 2.45) is 5.73 Å². The summed E-state index contributed by atoms with van der Waals surface area (Å²) in [5.41, 5.74) is 6.68. The number of benzene rings is 1. The van der Waals surface area contributed by atoms with Gasteiger partial charge in [0.25, 0.3) is 0 Å². The van der Waals surface area contributed by atoms with Crippen LogP contribution < -0.4 is 5.73 Å². The van der Waals surface area contributed by atoms with Crippen LogP contribution in [0.3, 0.4) is 0 Å². The summed E-state index contributed by atoms with van der Waals surface area (Å²) in [5.74, 6) is 1.10. The lowest BCUT2D eigenvalue weighted by atomic mass is 10.1. The monoisotopic (exact) mass is 283 g/mol. The predicted octanol–water partition coefficient (Wildman–Crippen LogP) is 3.54. The lowest BCUT2D eigenvalue weighted by molar-refractivity contribution is 0.465. The largest absolute Gasteiger partial charge is 0.464 e. The molecule has 0 bridgehead atoms. The zero-order valence-electron chi connectivity index (χ0n) is 8.71. The number of hydrogen-bond acceptors (Lipinski definition) is 2. The molecule has 1 aromatic carbocycles. The van der Waals surface area contributed by atoms with E-state index in [0.717, 1.165) is 5.76 Å². The zero-order chi connectivity index (χ0) is 11.7. The maximum Gasteiger partial charge on any atom is 0.137 e. The van der Waals surface area contributed by atoms with Crippen molar-refractivity contribution >= 4 is 15.9 Å². The van der Waals surface area contributed by atoms with E-state index in [0.29, 0.717) is 15.8 Å². The summed E-state index contributed by atoms with van der Waals surface area (Å²) < 4.78 is 19.1. The van der Waals surface area contributed by atoms with Gasteiger partial charge in [-0.3, -0.25) is 0 Å². The lowest BCUT2D eigenvalue weighted by Crippen LogP contribution is -2.12. The highest BCUT2D eigenvalue weighted by molar-refractivity contribution is 9.10. The van der Waals surface area contributed by atoms with Crippen LogP contribution in [0.4, 0.5) is 4.39 Å². The first-order valence-corrected chi connectivity index (χ1v) is 5.64. The zero-order valence-corrected chi connectivity index (χ0v) is 10.3. The Bertz CT molecular complexity index is 509. The average molecular weight is 284 g/mol. The van der Waals surface area contributed by atoms with Crippen LogP contribution in [0.1, 0.15) is 23.1 Å². The number of furan rings is 1. The van der Waals surface area contributed by atoms with Crippen LogP contribution in [0.5, 0.6) is 0 Å². The Balaban J connectivity index is 2.41. The second kappa shape index (κ2) is 4.39. The fourth-order valence-corrected chi connectivity index (χ4v) is 2.05. The van der Waals surface area contributed by atoms with Crippen LogP contribution >= 0.6 is 15.9 Å². The Morgan fingerprint density at radius 1 is 1.31 bits per heavy atom. The fourth-order valence-electron chi connectivity index (χ4n) is 1.53. The van der Waals surface area contributed by atoms with Crippen molar-refractivity contribution in [3.8, 4) is 0 Å². The van der Waals surface area contributed by atoms with Gasteiger partial charge in [-0.25, -0.2) is 4.39 Å². The molecule has 1 unspecified atom stereocenters. The Labute approximate surface area is 101 Å². The highest BCUT2D eigenvalue weighted by Crippen LogP contribution is 2.29. The summed E-state index contributed by atoms with van der Waals surface area (Å²) in [7, 11) is 0. The SMILES string of the molecule is Cc1ccc(C(N)c2cccc(F)c2Br)o1. The molecule has 0 saturated carbocycles. The van der Waals surface area contributed by atoms with Gasteiger partial charge in [-0.05, 0) is 46.6 Å². The van der Waals surface area contributed by atoms with Crippen molar-refractivity contribution in [2.75, 3.05) is 0 Å². The molecule has 16 heavy (non-hydrogen) atoms. The van der Waals surface area contributed by atoms with Gasteiger partial charge in [-0.1, -0.05) is 12.1 Å². The van der Waals surface area contributed by atoms with E-state index in [-0.39, 0.29) is 5.82 Å². The van der Waals surface area contributed by atoms with Gasteiger partial charge in [0.05, 0.1) is 10.5 Å². The van der Waals surface area contributed by atoms with E-state index in [9.17, 15) is 4.39 Å². The molecule has 0 aliphatic rings. The van der Waals surface area contributed by atoms with Gasteiger partial charge in [-0.2, -0.15) is 0 Å². The molecule has 2 N–H and O–H groups in total. The average Bonchev–Trinajstić information content (AvgIpc) is 2.68. The summed E-state index contributed by atoms with van der Waals surface area (Å²) in [6, 6.07) is 7.97. The maximum atomic E-state index is 13.3. The minimum atomic E-state index is -0.459. The van der Waals surface area contributed by atoms with E-state index >= 15 is 0 Å². The van der Waals surface area contributed by atoms with E-state index in [4.69, 9.17) is 10.2 Å². The Morgan fingerprint density at radius 3 is 2.69 bits per heavy atom. The number of aryl methyl sites for hydroxylation is 1. The molecule has 0 spiro atoms. The molecule has 0 fully saturated rings. The van der Waals surface area contributed by atoms with Gasteiger partial charge < -0.3 is 10.2 Å². The van der Waals surface area contributed by atoms with Crippen molar-refractivity contribution in [3.63, 3.8) is 0 Å². The summed E-state index contributed by atoms with van der Waals surface area (Å²) in [6.45, 7) is 1.84. The summed E-state index contributed by atoms with van der Waals surface area (Å²) in [5, 5.41) is 0. The highest BCUT2D eigenvalue weighted by Gasteiger charge is 2.17. The molecule has 0 aliphatic heterocycles. The van der Waals surface area contributed by atoms with Crippen molar-refractivity contribution in [3.05, 3.63) is 57.7 Å². The molecule has 4 heteroatoms. The van der Waals surface area contributed by atoms with E-state index in [1.165, 1.54) is 6.07 Å². The van der Waals surface area contributed by atoms with Gasteiger partial charge in [0.2, 0.25) is 0 Å². The molecule has 84 valence electrons. The predicted molar refractivity (Wildman–Crippen MR) is 63.6 cm³/mol. The van der Waals surface area contributed by atoms with Crippen molar-refractivity contribution in [1.82, 2.24) is 0 Å². The van der Waals surface area contributed by atoms with Crippen LogP contribution in [0.15, 0.2) is 39.2 Å². The standard InChI is InChI=1S/C12H11BrFNO/c1-7-5-6-10(16-7)12(15)8-3-2-4-9(14)11(8)13/h2-6,12H,15H2,1H3. The van der Waals surface area contributed by atoms with Crippen LogP contribution in [0, 0.1) is 12.7 Å². The molecule has 0 aliphatic carbocycles. The minimum absolute atomic E-state index is 0.323. The molecule has 2 rings (SSSR count). The third-order valence-corrected chi connectivity index (χ3v) is 3.22.